The first-order chi connectivity index (χ1) is 21.1. The van der Waals surface area contributed by atoms with Gasteiger partial charge in [0.2, 0.25) is 5.91 Å². The lowest BCUT2D eigenvalue weighted by Crippen LogP contribution is -2.73. The molecule has 0 bridgehead atoms. The van der Waals surface area contributed by atoms with Gasteiger partial charge in [-0.15, -0.1) is 11.8 Å². The highest BCUT2D eigenvalue weighted by Crippen LogP contribution is 2.57. The van der Waals surface area contributed by atoms with E-state index in [4.69, 9.17) is 4.74 Å². The van der Waals surface area contributed by atoms with E-state index in [-0.39, 0.29) is 28.6 Å². The molecule has 5 nitrogen and oxygen atoms in total. The summed E-state index contributed by atoms with van der Waals surface area (Å²) in [5, 5.41) is 3.74. The van der Waals surface area contributed by atoms with Crippen molar-refractivity contribution in [2.75, 3.05) is 11.5 Å². The number of carbonyl (C=O) groups is 2. The zero-order valence-corrected chi connectivity index (χ0v) is 25.4. The number of hydrogen-bond acceptors (Lipinski definition) is 6. The molecule has 3 fully saturated rings. The van der Waals surface area contributed by atoms with E-state index >= 15 is 0 Å². The molecule has 4 aromatic rings. The number of benzene rings is 4. The van der Waals surface area contributed by atoms with E-state index in [9.17, 15) is 9.59 Å². The molecule has 0 saturated carbocycles. The second kappa shape index (κ2) is 11.9. The van der Waals surface area contributed by atoms with E-state index in [1.54, 1.807) is 0 Å². The summed E-state index contributed by atoms with van der Waals surface area (Å²) in [6.45, 7) is 0.208. The third-order valence-corrected chi connectivity index (χ3v) is 11.8. The highest BCUT2D eigenvalue weighted by atomic mass is 32.2. The number of nitrogens with one attached hydrogen (secondary N) is 1. The van der Waals surface area contributed by atoms with Crippen LogP contribution in [0.4, 0.5) is 0 Å². The highest BCUT2D eigenvalue weighted by Gasteiger charge is 2.68. The van der Waals surface area contributed by atoms with Crippen molar-refractivity contribution in [1.82, 2.24) is 10.2 Å². The first-order valence-corrected chi connectivity index (χ1v) is 16.9. The number of β-lactam (4-membered cyclic amide) rings is 1. The van der Waals surface area contributed by atoms with Crippen molar-refractivity contribution in [2.24, 2.45) is 0 Å². The van der Waals surface area contributed by atoms with Crippen molar-refractivity contribution in [3.63, 3.8) is 0 Å². The standard InChI is InChI=1S/C36H34N2O3S2/c39-32-30(37-36(27-15-7-2-8-16-27,28-17-9-3-10-18-28)29-19-11-4-12-20-29)33-38(32)31(35(43-33)21-23-42-24-22-35)34(40)41-25-26-13-5-1-6-14-26/h1-20,30-31,33,37H,21-25H2/t30?,31?,33-/m1/s1. The number of nitrogens with zero attached hydrogens (tertiary/aromatic N) is 1. The number of amides is 1. The second-order valence-corrected chi connectivity index (χ2v) is 14.2. The van der Waals surface area contributed by atoms with Gasteiger partial charge in [-0.25, -0.2) is 4.79 Å². The Balaban J connectivity index is 1.25. The van der Waals surface area contributed by atoms with Gasteiger partial charge in [0.15, 0.2) is 0 Å². The Morgan fingerprint density at radius 3 is 1.79 bits per heavy atom. The molecule has 3 aliphatic rings. The van der Waals surface area contributed by atoms with Crippen LogP contribution in [0.1, 0.15) is 35.1 Å². The van der Waals surface area contributed by atoms with Crippen molar-refractivity contribution in [3.8, 4) is 0 Å². The molecule has 0 aromatic heterocycles. The van der Waals surface area contributed by atoms with Crippen molar-refractivity contribution >= 4 is 35.4 Å². The fraction of sp³-hybridized carbons (Fsp3) is 0.278. The van der Waals surface area contributed by atoms with Crippen LogP contribution < -0.4 is 5.32 Å². The largest absolute Gasteiger partial charge is 0.459 e. The topological polar surface area (TPSA) is 58.6 Å². The minimum absolute atomic E-state index is 0.0403. The van der Waals surface area contributed by atoms with Gasteiger partial charge >= 0.3 is 5.97 Å². The van der Waals surface area contributed by atoms with Crippen LogP contribution in [0, 0.1) is 0 Å². The SMILES string of the molecule is O=C(OCc1ccccc1)C1N2C(=O)C(NC(c3ccccc3)(c3ccccc3)c3ccccc3)[C@H]2SC12CCSCC2. The number of carbonyl (C=O) groups excluding carboxylic acids is 2. The van der Waals surface area contributed by atoms with Crippen molar-refractivity contribution in [1.29, 1.82) is 0 Å². The molecule has 7 rings (SSSR count). The molecule has 1 N–H and O–H groups in total. The summed E-state index contributed by atoms with van der Waals surface area (Å²) in [6.07, 6.45) is 1.75. The average molecular weight is 607 g/mol. The molecule has 0 radical (unpaired) electrons. The molecule has 1 amide bonds. The molecule has 0 aliphatic carbocycles. The zero-order chi connectivity index (χ0) is 29.3. The van der Waals surface area contributed by atoms with Crippen molar-refractivity contribution in [3.05, 3.63) is 144 Å². The summed E-state index contributed by atoms with van der Waals surface area (Å²) in [7, 11) is 0. The molecule has 3 aliphatic heterocycles. The predicted molar refractivity (Wildman–Crippen MR) is 174 cm³/mol. The maximum Gasteiger partial charge on any atom is 0.330 e. The third kappa shape index (κ3) is 4.97. The fourth-order valence-electron chi connectivity index (χ4n) is 6.87. The van der Waals surface area contributed by atoms with Gasteiger partial charge in [0, 0.05) is 0 Å². The maximum absolute atomic E-state index is 14.3. The van der Waals surface area contributed by atoms with E-state index in [2.05, 4.69) is 41.7 Å². The van der Waals surface area contributed by atoms with Gasteiger partial charge in [0.05, 0.1) is 10.3 Å². The summed E-state index contributed by atoms with van der Waals surface area (Å²) in [5.74, 6) is 1.62. The highest BCUT2D eigenvalue weighted by molar-refractivity contribution is 8.02. The fourth-order valence-corrected chi connectivity index (χ4v) is 10.3. The quantitative estimate of drug-likeness (QED) is 0.146. The number of fused-ring (bicyclic) bond motifs is 1. The Kier molecular flexibility index (Phi) is 7.80. The smallest absolute Gasteiger partial charge is 0.330 e. The molecule has 218 valence electrons. The van der Waals surface area contributed by atoms with E-state index < -0.39 is 17.6 Å². The summed E-state index contributed by atoms with van der Waals surface area (Å²) in [5.41, 5.74) is 3.36. The van der Waals surface area contributed by atoms with E-state index in [1.165, 1.54) is 0 Å². The van der Waals surface area contributed by atoms with Crippen LogP contribution in [-0.2, 0) is 26.5 Å². The van der Waals surface area contributed by atoms with Gasteiger partial charge in [-0.3, -0.25) is 10.1 Å². The minimum atomic E-state index is -0.766. The maximum atomic E-state index is 14.3. The van der Waals surface area contributed by atoms with Crippen LogP contribution in [0.5, 0.6) is 0 Å². The van der Waals surface area contributed by atoms with Crippen LogP contribution in [0.2, 0.25) is 0 Å². The van der Waals surface area contributed by atoms with Crippen molar-refractivity contribution in [2.45, 2.75) is 47.2 Å². The summed E-state index contributed by atoms with van der Waals surface area (Å²) >= 11 is 3.73. The number of rotatable bonds is 8. The minimum Gasteiger partial charge on any atom is -0.459 e. The Hall–Kier alpha value is -3.52. The molecule has 3 atom stereocenters. The molecule has 3 heterocycles. The molecule has 7 heteroatoms. The van der Waals surface area contributed by atoms with Crippen LogP contribution in [-0.4, -0.2) is 50.5 Å². The van der Waals surface area contributed by atoms with Gasteiger partial charge < -0.3 is 9.64 Å². The third-order valence-electron chi connectivity index (χ3n) is 8.99. The number of hydrogen-bond donors (Lipinski definition) is 1. The normalized spacial score (nSPS) is 22.6. The van der Waals surface area contributed by atoms with Crippen LogP contribution in [0.3, 0.4) is 0 Å². The Bertz CT molecular complexity index is 1470. The zero-order valence-electron chi connectivity index (χ0n) is 23.8. The first-order valence-electron chi connectivity index (χ1n) is 14.8. The number of thioether (sulfide) groups is 2. The van der Waals surface area contributed by atoms with Gasteiger partial charge in [-0.05, 0) is 46.6 Å². The number of ether oxygens (including phenoxy) is 1. The van der Waals surface area contributed by atoms with Gasteiger partial charge in [0.1, 0.15) is 24.1 Å². The van der Waals surface area contributed by atoms with E-state index in [0.717, 1.165) is 46.6 Å². The van der Waals surface area contributed by atoms with E-state index in [1.807, 2.05) is 113 Å². The molecule has 3 saturated heterocycles. The summed E-state index contributed by atoms with van der Waals surface area (Å²) in [4.78, 5) is 29.9. The Morgan fingerprint density at radius 1 is 0.791 bits per heavy atom. The molecule has 2 unspecified atom stereocenters. The lowest BCUT2D eigenvalue weighted by Gasteiger charge is -2.49. The van der Waals surface area contributed by atoms with Gasteiger partial charge in [-0.2, -0.15) is 11.8 Å². The van der Waals surface area contributed by atoms with Gasteiger partial charge in [-0.1, -0.05) is 121 Å². The molecular formula is C36H34N2O3S2. The second-order valence-electron chi connectivity index (χ2n) is 11.4. The first kappa shape index (κ1) is 28.3. The molecule has 43 heavy (non-hydrogen) atoms. The molecule has 1 spiro atoms. The molecule has 4 aromatic carbocycles. The predicted octanol–water partition coefficient (Wildman–Crippen LogP) is 6.23. The summed E-state index contributed by atoms with van der Waals surface area (Å²) in [6, 6.07) is 39.8. The Labute approximate surface area is 261 Å². The van der Waals surface area contributed by atoms with Crippen molar-refractivity contribution < 1.29 is 14.3 Å². The van der Waals surface area contributed by atoms with Gasteiger partial charge in [0.25, 0.3) is 0 Å². The van der Waals surface area contributed by atoms with Crippen LogP contribution in [0.25, 0.3) is 0 Å². The molecular weight excluding hydrogens is 573 g/mol. The lowest BCUT2D eigenvalue weighted by molar-refractivity contribution is -0.165. The summed E-state index contributed by atoms with van der Waals surface area (Å²) < 4.78 is 5.57. The van der Waals surface area contributed by atoms with E-state index in [0.29, 0.717) is 0 Å². The number of esters is 1. The van der Waals surface area contributed by atoms with Crippen LogP contribution in [0.15, 0.2) is 121 Å². The monoisotopic (exact) mass is 606 g/mol. The Morgan fingerprint density at radius 2 is 1.28 bits per heavy atom. The van der Waals surface area contributed by atoms with Crippen LogP contribution >= 0.6 is 23.5 Å². The average Bonchev–Trinajstić information content (AvgIpc) is 3.36. The lowest BCUT2D eigenvalue weighted by atomic mass is 9.76.